The molecule has 1 saturated heterocycles. The van der Waals surface area contributed by atoms with Crippen molar-refractivity contribution in [3.63, 3.8) is 0 Å². The van der Waals surface area contributed by atoms with Crippen molar-refractivity contribution in [2.45, 2.75) is 89.7 Å². The average Bonchev–Trinajstić information content (AvgIpc) is 3.03. The molecule has 3 amide bonds. The molecule has 4 rings (SSSR count). The van der Waals surface area contributed by atoms with E-state index in [-0.39, 0.29) is 24.3 Å². The minimum atomic E-state index is -0.693. The van der Waals surface area contributed by atoms with Gasteiger partial charge in [0.05, 0.1) is 5.69 Å². The van der Waals surface area contributed by atoms with Gasteiger partial charge in [0.2, 0.25) is 5.91 Å². The van der Waals surface area contributed by atoms with Gasteiger partial charge < -0.3 is 41.1 Å². The second kappa shape index (κ2) is 17.7. The zero-order valence-electron chi connectivity index (χ0n) is 26.2. The van der Waals surface area contributed by atoms with E-state index in [4.69, 9.17) is 4.74 Å². The first kappa shape index (κ1) is 33.4. The van der Waals surface area contributed by atoms with Gasteiger partial charge in [-0.1, -0.05) is 51.2 Å². The lowest BCUT2D eigenvalue weighted by atomic mass is 10.0. The number of aliphatic hydroxyl groups is 1. The van der Waals surface area contributed by atoms with Gasteiger partial charge in [-0.25, -0.2) is 4.79 Å². The predicted octanol–water partition coefficient (Wildman–Crippen LogP) is 4.80. The Hall–Kier alpha value is -3.50. The Balaban J connectivity index is 1.07. The quantitative estimate of drug-likeness (QED) is 0.112. The number of rotatable bonds is 17. The molecule has 1 fully saturated rings. The highest BCUT2D eigenvalue weighted by atomic mass is 16.5. The van der Waals surface area contributed by atoms with Gasteiger partial charge in [0, 0.05) is 49.9 Å². The Morgan fingerprint density at radius 1 is 1.02 bits per heavy atom. The summed E-state index contributed by atoms with van der Waals surface area (Å²) in [5.74, 6) is 0.462. The molecule has 0 bridgehead atoms. The Morgan fingerprint density at radius 2 is 1.77 bits per heavy atom. The fraction of sp³-hybridized carbons (Fsp3) is 0.588. The SMILES string of the molecule is CCCCCCCCNC(=O)N1CCC(Nc2ccc(CCNC[C@H](O)COc3ccc(O)c4c3CCC(=O)N4)cc2)CC1. The highest BCUT2D eigenvalue weighted by Gasteiger charge is 2.23. The molecule has 0 saturated carbocycles. The summed E-state index contributed by atoms with van der Waals surface area (Å²) in [5.41, 5.74) is 3.46. The zero-order chi connectivity index (χ0) is 31.1. The van der Waals surface area contributed by atoms with Crippen molar-refractivity contribution in [1.29, 1.82) is 0 Å². The third-order valence-electron chi connectivity index (χ3n) is 8.43. The number of hydrogen-bond acceptors (Lipinski definition) is 7. The van der Waals surface area contributed by atoms with E-state index in [0.717, 1.165) is 63.1 Å². The standard InChI is InChI=1S/C34H51N5O5/c1-2-3-4-5-6-7-19-36-34(43)39-21-17-27(18-22-39)37-26-10-8-25(9-11-26)16-20-35-23-28(40)24-44-31-14-13-30(41)33-29(31)12-15-32(42)38-33/h8-11,13-14,27-28,35,37,40-41H,2-7,12,15-24H2,1H3,(H,36,43)(H,38,42)/t28-/m0/s1. The number of fused-ring (bicyclic) bond motifs is 1. The molecule has 0 radical (unpaired) electrons. The number of nitrogens with zero attached hydrogens (tertiary/aromatic N) is 1. The number of phenolic OH excluding ortho intramolecular Hbond substituents is 1. The molecule has 2 aliphatic rings. The summed E-state index contributed by atoms with van der Waals surface area (Å²) in [6, 6.07) is 12.1. The number of aliphatic hydroxyl groups excluding tert-OH is 1. The molecule has 2 aromatic rings. The molecule has 0 unspecified atom stereocenters. The minimum Gasteiger partial charge on any atom is -0.506 e. The third-order valence-corrected chi connectivity index (χ3v) is 8.43. The monoisotopic (exact) mass is 609 g/mol. The number of urea groups is 1. The van der Waals surface area contributed by atoms with Gasteiger partial charge in [-0.2, -0.15) is 0 Å². The molecule has 10 heteroatoms. The normalized spacial score (nSPS) is 15.8. The van der Waals surface area contributed by atoms with Gasteiger partial charge >= 0.3 is 6.03 Å². The van der Waals surface area contributed by atoms with Gasteiger partial charge in [0.15, 0.2) is 0 Å². The average molecular weight is 610 g/mol. The summed E-state index contributed by atoms with van der Waals surface area (Å²) in [5, 5.41) is 33.1. The number of phenols is 1. The number of aromatic hydroxyl groups is 1. The van der Waals surface area contributed by atoms with Gasteiger partial charge in [-0.15, -0.1) is 0 Å². The number of piperidine rings is 1. The van der Waals surface area contributed by atoms with E-state index in [2.05, 4.69) is 52.5 Å². The first-order valence-corrected chi connectivity index (χ1v) is 16.5. The van der Waals surface area contributed by atoms with Crippen LogP contribution in [0.25, 0.3) is 0 Å². The van der Waals surface area contributed by atoms with Crippen molar-refractivity contribution in [3.8, 4) is 11.5 Å². The van der Waals surface area contributed by atoms with Crippen LogP contribution >= 0.6 is 0 Å². The molecule has 2 aliphatic heterocycles. The fourth-order valence-electron chi connectivity index (χ4n) is 5.77. The van der Waals surface area contributed by atoms with Crippen LogP contribution < -0.4 is 26.0 Å². The molecule has 6 N–H and O–H groups in total. The lowest BCUT2D eigenvalue weighted by Gasteiger charge is -2.33. The maximum atomic E-state index is 12.5. The van der Waals surface area contributed by atoms with Crippen LogP contribution in [0.4, 0.5) is 16.2 Å². The molecule has 0 aromatic heterocycles. The Bertz CT molecular complexity index is 1180. The van der Waals surface area contributed by atoms with Crippen molar-refractivity contribution < 1.29 is 24.5 Å². The van der Waals surface area contributed by atoms with E-state index in [9.17, 15) is 19.8 Å². The van der Waals surface area contributed by atoms with E-state index in [1.807, 2.05) is 4.90 Å². The van der Waals surface area contributed by atoms with Crippen molar-refractivity contribution in [3.05, 3.63) is 47.5 Å². The maximum absolute atomic E-state index is 12.5. The number of benzene rings is 2. The Kier molecular flexibility index (Phi) is 13.4. The number of anilines is 2. The third kappa shape index (κ3) is 10.6. The van der Waals surface area contributed by atoms with E-state index in [0.29, 0.717) is 36.9 Å². The number of amides is 3. The molecule has 0 spiro atoms. The Morgan fingerprint density at radius 3 is 2.55 bits per heavy atom. The van der Waals surface area contributed by atoms with Crippen molar-refractivity contribution in [2.24, 2.45) is 0 Å². The second-order valence-corrected chi connectivity index (χ2v) is 12.0. The van der Waals surface area contributed by atoms with Crippen molar-refractivity contribution >= 4 is 23.3 Å². The summed E-state index contributed by atoms with van der Waals surface area (Å²) < 4.78 is 5.82. The first-order chi connectivity index (χ1) is 21.4. The lowest BCUT2D eigenvalue weighted by molar-refractivity contribution is -0.116. The molecule has 242 valence electrons. The minimum absolute atomic E-state index is 0.0202. The van der Waals surface area contributed by atoms with Crippen LogP contribution in [0.15, 0.2) is 36.4 Å². The number of carbonyl (C=O) groups is 2. The van der Waals surface area contributed by atoms with Crippen LogP contribution in [0, 0.1) is 0 Å². The summed E-state index contributed by atoms with van der Waals surface area (Å²) >= 11 is 0. The summed E-state index contributed by atoms with van der Waals surface area (Å²) in [7, 11) is 0. The van der Waals surface area contributed by atoms with Crippen LogP contribution in [0.3, 0.4) is 0 Å². The van der Waals surface area contributed by atoms with Crippen LogP contribution in [-0.4, -0.2) is 78.5 Å². The van der Waals surface area contributed by atoms with E-state index < -0.39 is 6.10 Å². The largest absolute Gasteiger partial charge is 0.506 e. The first-order valence-electron chi connectivity index (χ1n) is 16.5. The van der Waals surface area contributed by atoms with Gasteiger partial charge in [-0.3, -0.25) is 4.79 Å². The van der Waals surface area contributed by atoms with E-state index in [1.54, 1.807) is 6.07 Å². The molecule has 10 nitrogen and oxygen atoms in total. The van der Waals surface area contributed by atoms with Crippen molar-refractivity contribution in [2.75, 3.05) is 50.0 Å². The molecular weight excluding hydrogens is 558 g/mol. The lowest BCUT2D eigenvalue weighted by Crippen LogP contribution is -2.47. The summed E-state index contributed by atoms with van der Waals surface area (Å²) in [6.07, 6.45) is 10.2. The summed E-state index contributed by atoms with van der Waals surface area (Å²) in [4.78, 5) is 26.1. The van der Waals surface area contributed by atoms with Gasteiger partial charge in [0.1, 0.15) is 24.2 Å². The predicted molar refractivity (Wildman–Crippen MR) is 175 cm³/mol. The fourth-order valence-corrected chi connectivity index (χ4v) is 5.77. The van der Waals surface area contributed by atoms with Crippen LogP contribution in [0.2, 0.25) is 0 Å². The highest BCUT2D eigenvalue weighted by molar-refractivity contribution is 5.96. The van der Waals surface area contributed by atoms with Crippen LogP contribution in [0.5, 0.6) is 11.5 Å². The number of unbranched alkanes of at least 4 members (excludes halogenated alkanes) is 5. The van der Waals surface area contributed by atoms with Crippen LogP contribution in [-0.2, 0) is 17.6 Å². The number of hydrogen-bond donors (Lipinski definition) is 6. The zero-order valence-corrected chi connectivity index (χ0v) is 26.2. The van der Waals surface area contributed by atoms with Crippen molar-refractivity contribution in [1.82, 2.24) is 15.5 Å². The smallest absolute Gasteiger partial charge is 0.317 e. The topological polar surface area (TPSA) is 135 Å². The number of carbonyl (C=O) groups excluding carboxylic acids is 2. The molecule has 2 heterocycles. The molecule has 2 aromatic carbocycles. The molecular formula is C34H51N5O5. The highest BCUT2D eigenvalue weighted by Crippen LogP contribution is 2.38. The summed E-state index contributed by atoms with van der Waals surface area (Å²) in [6.45, 7) is 5.78. The van der Waals surface area contributed by atoms with Gasteiger partial charge in [-0.05, 0) is 68.5 Å². The van der Waals surface area contributed by atoms with Crippen LogP contribution in [0.1, 0.15) is 75.8 Å². The van der Waals surface area contributed by atoms with Gasteiger partial charge in [0.25, 0.3) is 0 Å². The molecule has 44 heavy (non-hydrogen) atoms. The number of nitrogens with one attached hydrogen (secondary N) is 4. The van der Waals surface area contributed by atoms with E-state index >= 15 is 0 Å². The Labute approximate surface area is 261 Å². The molecule has 0 aliphatic carbocycles. The van der Waals surface area contributed by atoms with E-state index in [1.165, 1.54) is 43.7 Å². The molecule has 1 atom stereocenters. The number of ether oxygens (including phenoxy) is 1. The maximum Gasteiger partial charge on any atom is 0.317 e. The number of likely N-dealkylation sites (tertiary alicyclic amines) is 1. The second-order valence-electron chi connectivity index (χ2n) is 12.0.